The molecule has 0 aromatic heterocycles. The maximum atomic E-state index is 13.8. The molecule has 2 aromatic carbocycles. The van der Waals surface area contributed by atoms with Crippen LogP contribution in [-0.2, 0) is 0 Å². The normalized spacial score (nSPS) is 12.1. The molecule has 0 radical (unpaired) electrons. The van der Waals surface area contributed by atoms with E-state index in [9.17, 15) is 8.78 Å². The molecule has 2 aromatic rings. The summed E-state index contributed by atoms with van der Waals surface area (Å²) in [6.07, 6.45) is 0. The van der Waals surface area contributed by atoms with E-state index in [0.717, 1.165) is 12.1 Å². The van der Waals surface area contributed by atoms with E-state index in [-0.39, 0.29) is 10.6 Å². The molecule has 0 aliphatic rings. The van der Waals surface area contributed by atoms with Gasteiger partial charge in [0.25, 0.3) is 0 Å². The van der Waals surface area contributed by atoms with Gasteiger partial charge in [-0.3, -0.25) is 0 Å². The van der Waals surface area contributed by atoms with E-state index < -0.39 is 17.7 Å². The fraction of sp³-hybridized carbons (Fsp3) is 0.200. The molecule has 0 aliphatic heterocycles. The lowest BCUT2D eigenvalue weighted by Gasteiger charge is -2.19. The van der Waals surface area contributed by atoms with Gasteiger partial charge in [-0.1, -0.05) is 17.7 Å². The third-order valence-corrected chi connectivity index (χ3v) is 3.51. The Hall–Kier alpha value is -1.85. The molecule has 6 heteroatoms. The Kier molecular flexibility index (Phi) is 4.65. The lowest BCUT2D eigenvalue weighted by molar-refractivity contribution is 0.390. The molecule has 2 N–H and O–H groups in total. The molecule has 0 heterocycles. The average Bonchev–Trinajstić information content (AvgIpc) is 2.46. The van der Waals surface area contributed by atoms with E-state index in [1.165, 1.54) is 20.3 Å². The van der Waals surface area contributed by atoms with Crippen LogP contribution in [-0.4, -0.2) is 14.2 Å². The van der Waals surface area contributed by atoms with E-state index in [0.29, 0.717) is 17.1 Å². The lowest BCUT2D eigenvalue weighted by atomic mass is 9.98. The summed E-state index contributed by atoms with van der Waals surface area (Å²) < 4.78 is 37.2. The van der Waals surface area contributed by atoms with E-state index in [2.05, 4.69) is 0 Å². The Morgan fingerprint density at radius 2 is 1.71 bits per heavy atom. The van der Waals surface area contributed by atoms with Gasteiger partial charge in [-0.15, -0.1) is 0 Å². The highest BCUT2D eigenvalue weighted by Gasteiger charge is 2.21. The molecule has 112 valence electrons. The molecule has 0 amide bonds. The van der Waals surface area contributed by atoms with Crippen molar-refractivity contribution in [2.24, 2.45) is 5.73 Å². The topological polar surface area (TPSA) is 44.5 Å². The van der Waals surface area contributed by atoms with Gasteiger partial charge >= 0.3 is 0 Å². The summed E-state index contributed by atoms with van der Waals surface area (Å²) in [5.41, 5.74) is 6.69. The van der Waals surface area contributed by atoms with Crippen molar-refractivity contribution >= 4 is 11.6 Å². The van der Waals surface area contributed by atoms with Crippen LogP contribution >= 0.6 is 11.6 Å². The number of ether oxygens (including phenoxy) is 2. The number of hydrogen-bond acceptors (Lipinski definition) is 3. The van der Waals surface area contributed by atoms with Gasteiger partial charge in [0, 0.05) is 17.2 Å². The highest BCUT2D eigenvalue weighted by atomic mass is 35.5. The zero-order valence-electron chi connectivity index (χ0n) is 11.5. The Bertz CT molecular complexity index is 664. The van der Waals surface area contributed by atoms with Crippen molar-refractivity contribution in [2.45, 2.75) is 6.04 Å². The first kappa shape index (κ1) is 15.5. The van der Waals surface area contributed by atoms with E-state index in [4.69, 9.17) is 26.8 Å². The molecule has 0 aliphatic carbocycles. The van der Waals surface area contributed by atoms with Crippen LogP contribution in [0, 0.1) is 11.6 Å². The number of halogens is 3. The first-order chi connectivity index (χ1) is 9.99. The third-order valence-electron chi connectivity index (χ3n) is 3.15. The average molecular weight is 314 g/mol. The van der Waals surface area contributed by atoms with Crippen molar-refractivity contribution in [3.63, 3.8) is 0 Å². The van der Waals surface area contributed by atoms with Crippen LogP contribution in [0.15, 0.2) is 30.3 Å². The van der Waals surface area contributed by atoms with Gasteiger partial charge in [0.1, 0.15) is 28.2 Å². The number of hydrogen-bond donors (Lipinski definition) is 1. The summed E-state index contributed by atoms with van der Waals surface area (Å²) in [7, 11) is 2.90. The summed E-state index contributed by atoms with van der Waals surface area (Å²) >= 11 is 6.15. The number of benzene rings is 2. The van der Waals surface area contributed by atoms with E-state index >= 15 is 0 Å². The van der Waals surface area contributed by atoms with Crippen molar-refractivity contribution in [3.8, 4) is 11.5 Å². The number of nitrogens with two attached hydrogens (primary N) is 1. The first-order valence-corrected chi connectivity index (χ1v) is 6.48. The van der Waals surface area contributed by atoms with Crippen LogP contribution in [0.2, 0.25) is 5.02 Å². The quantitative estimate of drug-likeness (QED) is 0.936. The molecule has 0 saturated carbocycles. The minimum atomic E-state index is -0.844. The molecular formula is C15H14ClF2NO2. The Morgan fingerprint density at radius 3 is 2.29 bits per heavy atom. The maximum absolute atomic E-state index is 13.8. The zero-order valence-corrected chi connectivity index (χ0v) is 12.2. The van der Waals surface area contributed by atoms with Gasteiger partial charge in [-0.05, 0) is 18.2 Å². The molecule has 0 bridgehead atoms. The largest absolute Gasteiger partial charge is 0.495 e. The first-order valence-electron chi connectivity index (χ1n) is 6.10. The molecule has 1 unspecified atom stereocenters. The standard InChI is InChI=1S/C15H14ClF2NO2/c1-20-12-6-5-10(15(21-2)13(12)16)14(19)9-4-3-8(17)7-11(9)18/h3-7,14H,19H2,1-2H3. The second kappa shape index (κ2) is 6.28. The van der Waals surface area contributed by atoms with Gasteiger partial charge in [-0.2, -0.15) is 0 Å². The second-order valence-corrected chi connectivity index (χ2v) is 4.73. The minimum absolute atomic E-state index is 0.149. The second-order valence-electron chi connectivity index (χ2n) is 4.35. The van der Waals surface area contributed by atoms with Gasteiger partial charge in [0.2, 0.25) is 0 Å². The number of methoxy groups -OCH3 is 2. The molecule has 3 nitrogen and oxygen atoms in total. The van der Waals surface area contributed by atoms with Crippen molar-refractivity contribution in [3.05, 3.63) is 58.1 Å². The molecular weight excluding hydrogens is 300 g/mol. The molecule has 1 atom stereocenters. The third kappa shape index (κ3) is 2.94. The fourth-order valence-electron chi connectivity index (χ4n) is 2.08. The number of rotatable bonds is 4. The van der Waals surface area contributed by atoms with Crippen molar-refractivity contribution in [1.29, 1.82) is 0 Å². The molecule has 2 rings (SSSR count). The van der Waals surface area contributed by atoms with Crippen molar-refractivity contribution in [1.82, 2.24) is 0 Å². The smallest absolute Gasteiger partial charge is 0.146 e. The van der Waals surface area contributed by atoms with Gasteiger partial charge in [0.05, 0.1) is 20.3 Å². The van der Waals surface area contributed by atoms with E-state index in [1.807, 2.05) is 0 Å². The predicted octanol–water partition coefficient (Wildman–Crippen LogP) is 3.68. The van der Waals surface area contributed by atoms with E-state index in [1.54, 1.807) is 12.1 Å². The van der Waals surface area contributed by atoms with Crippen molar-refractivity contribution in [2.75, 3.05) is 14.2 Å². The highest BCUT2D eigenvalue weighted by Crippen LogP contribution is 2.40. The molecule has 0 saturated heterocycles. The van der Waals surface area contributed by atoms with Gasteiger partial charge < -0.3 is 15.2 Å². The Balaban J connectivity index is 2.52. The van der Waals surface area contributed by atoms with Crippen LogP contribution in [0.3, 0.4) is 0 Å². The van der Waals surface area contributed by atoms with Crippen LogP contribution in [0.1, 0.15) is 17.2 Å². The predicted molar refractivity (Wildman–Crippen MR) is 76.9 cm³/mol. The summed E-state index contributed by atoms with van der Waals surface area (Å²) in [6, 6.07) is 5.64. The highest BCUT2D eigenvalue weighted by molar-refractivity contribution is 6.33. The molecule has 0 fully saturated rings. The SMILES string of the molecule is COc1ccc(C(N)c2ccc(F)cc2F)c(OC)c1Cl. The summed E-state index contributed by atoms with van der Waals surface area (Å²) in [6.45, 7) is 0. The van der Waals surface area contributed by atoms with Crippen LogP contribution in [0.4, 0.5) is 8.78 Å². The monoisotopic (exact) mass is 313 g/mol. The Morgan fingerprint density at radius 1 is 1.05 bits per heavy atom. The fourth-order valence-corrected chi connectivity index (χ4v) is 2.41. The Labute approximate surface area is 126 Å². The maximum Gasteiger partial charge on any atom is 0.146 e. The van der Waals surface area contributed by atoms with Crippen LogP contribution in [0.25, 0.3) is 0 Å². The van der Waals surface area contributed by atoms with Crippen LogP contribution in [0.5, 0.6) is 11.5 Å². The molecule has 21 heavy (non-hydrogen) atoms. The van der Waals surface area contributed by atoms with Gasteiger partial charge in [0.15, 0.2) is 0 Å². The summed E-state index contributed by atoms with van der Waals surface area (Å²) in [4.78, 5) is 0. The van der Waals surface area contributed by atoms with Gasteiger partial charge in [-0.25, -0.2) is 8.78 Å². The lowest BCUT2D eigenvalue weighted by Crippen LogP contribution is -2.15. The van der Waals surface area contributed by atoms with Crippen molar-refractivity contribution < 1.29 is 18.3 Å². The molecule has 0 spiro atoms. The zero-order chi connectivity index (χ0) is 15.6. The summed E-state index contributed by atoms with van der Waals surface area (Å²) in [5.74, 6) is -0.670. The van der Waals surface area contributed by atoms with Crippen LogP contribution < -0.4 is 15.2 Å². The minimum Gasteiger partial charge on any atom is -0.495 e. The summed E-state index contributed by atoms with van der Waals surface area (Å²) in [5, 5.41) is 0.246.